The second-order valence-corrected chi connectivity index (χ2v) is 7.62. The molecule has 1 saturated carbocycles. The summed E-state index contributed by atoms with van der Waals surface area (Å²) in [6.07, 6.45) is 4.04. The van der Waals surface area contributed by atoms with Gasteiger partial charge in [-0.15, -0.1) is 11.3 Å². The average molecular weight is 273 g/mol. The summed E-state index contributed by atoms with van der Waals surface area (Å²) in [5, 5.41) is 5.23. The van der Waals surface area contributed by atoms with Crippen molar-refractivity contribution < 1.29 is 0 Å². The van der Waals surface area contributed by atoms with E-state index in [0.717, 1.165) is 0 Å². The Hall–Kier alpha value is -0.860. The van der Waals surface area contributed by atoms with Gasteiger partial charge in [0.2, 0.25) is 0 Å². The molecule has 0 amide bonds. The Bertz CT molecular complexity index is 536. The van der Waals surface area contributed by atoms with Crippen molar-refractivity contribution in [3.05, 3.63) is 35.2 Å². The summed E-state index contributed by atoms with van der Waals surface area (Å²) >= 11 is 1.93. The largest absolute Gasteiger partial charge is 0.306 e. The van der Waals surface area contributed by atoms with Gasteiger partial charge in [0.1, 0.15) is 0 Å². The molecule has 3 rings (SSSR count). The van der Waals surface area contributed by atoms with Crippen molar-refractivity contribution in [1.82, 2.24) is 5.32 Å². The van der Waals surface area contributed by atoms with Gasteiger partial charge < -0.3 is 5.32 Å². The van der Waals surface area contributed by atoms with E-state index in [1.54, 1.807) is 0 Å². The Kier molecular flexibility index (Phi) is 3.40. The number of hydrogen-bond donors (Lipinski definition) is 1. The molecular formula is C17H23NS. The zero-order chi connectivity index (χ0) is 13.5. The first-order valence-corrected chi connectivity index (χ1v) is 8.12. The number of benzene rings is 1. The van der Waals surface area contributed by atoms with Crippen molar-refractivity contribution in [3.63, 3.8) is 0 Å². The van der Waals surface area contributed by atoms with Crippen molar-refractivity contribution in [2.75, 3.05) is 0 Å². The molecule has 1 heterocycles. The van der Waals surface area contributed by atoms with E-state index < -0.39 is 0 Å². The number of hydrogen-bond acceptors (Lipinski definition) is 2. The van der Waals surface area contributed by atoms with Gasteiger partial charge in [0.15, 0.2) is 0 Å². The van der Waals surface area contributed by atoms with Gasteiger partial charge in [-0.1, -0.05) is 38.5 Å². The average Bonchev–Trinajstić information content (AvgIpc) is 2.93. The second-order valence-electron chi connectivity index (χ2n) is 6.51. The molecule has 2 heteroatoms. The molecule has 102 valence electrons. The Labute approximate surface area is 120 Å². The van der Waals surface area contributed by atoms with Crippen LogP contribution < -0.4 is 5.32 Å². The van der Waals surface area contributed by atoms with Gasteiger partial charge in [-0.25, -0.2) is 0 Å². The SMILES string of the molecule is CC(NC1CCCC1(C)C)c1cc2ccccc2s1. The van der Waals surface area contributed by atoms with E-state index in [4.69, 9.17) is 0 Å². The van der Waals surface area contributed by atoms with Gasteiger partial charge >= 0.3 is 0 Å². The van der Waals surface area contributed by atoms with Crippen molar-refractivity contribution in [1.29, 1.82) is 0 Å². The zero-order valence-corrected chi connectivity index (χ0v) is 12.9. The lowest BCUT2D eigenvalue weighted by Crippen LogP contribution is -2.38. The Morgan fingerprint density at radius 3 is 2.79 bits per heavy atom. The van der Waals surface area contributed by atoms with Crippen molar-refractivity contribution in [2.45, 2.75) is 52.1 Å². The highest BCUT2D eigenvalue weighted by Crippen LogP contribution is 2.39. The first kappa shape index (κ1) is 13.1. The molecule has 1 fully saturated rings. The predicted octanol–water partition coefficient (Wildman–Crippen LogP) is 5.13. The smallest absolute Gasteiger partial charge is 0.0388 e. The van der Waals surface area contributed by atoms with E-state index in [0.29, 0.717) is 17.5 Å². The molecule has 0 aliphatic heterocycles. The monoisotopic (exact) mass is 273 g/mol. The molecule has 1 aromatic carbocycles. The highest BCUT2D eigenvalue weighted by molar-refractivity contribution is 7.19. The van der Waals surface area contributed by atoms with E-state index in [2.05, 4.69) is 56.4 Å². The molecule has 1 N–H and O–H groups in total. The zero-order valence-electron chi connectivity index (χ0n) is 12.1. The summed E-state index contributed by atoms with van der Waals surface area (Å²) in [7, 11) is 0. The highest BCUT2D eigenvalue weighted by Gasteiger charge is 2.35. The normalized spacial score (nSPS) is 23.8. The van der Waals surface area contributed by atoms with Crippen LogP contribution >= 0.6 is 11.3 Å². The van der Waals surface area contributed by atoms with Crippen LogP contribution in [0.15, 0.2) is 30.3 Å². The van der Waals surface area contributed by atoms with Crippen LogP contribution in [-0.4, -0.2) is 6.04 Å². The maximum absolute atomic E-state index is 3.86. The predicted molar refractivity (Wildman–Crippen MR) is 84.8 cm³/mol. The van der Waals surface area contributed by atoms with Crippen LogP contribution in [0.2, 0.25) is 0 Å². The van der Waals surface area contributed by atoms with Crippen LogP contribution in [0.3, 0.4) is 0 Å². The Morgan fingerprint density at radius 1 is 1.32 bits per heavy atom. The molecule has 1 aliphatic carbocycles. The molecule has 0 bridgehead atoms. The molecule has 2 atom stereocenters. The first-order chi connectivity index (χ1) is 9.06. The quantitative estimate of drug-likeness (QED) is 0.817. The number of thiophene rings is 1. The summed E-state index contributed by atoms with van der Waals surface area (Å²) in [6.45, 7) is 7.10. The van der Waals surface area contributed by atoms with Crippen LogP contribution in [0, 0.1) is 5.41 Å². The minimum absolute atomic E-state index is 0.449. The van der Waals surface area contributed by atoms with E-state index in [-0.39, 0.29) is 0 Å². The molecule has 19 heavy (non-hydrogen) atoms. The van der Waals surface area contributed by atoms with Gasteiger partial charge in [-0.2, -0.15) is 0 Å². The van der Waals surface area contributed by atoms with Crippen LogP contribution in [-0.2, 0) is 0 Å². The van der Waals surface area contributed by atoms with E-state index >= 15 is 0 Å². The second kappa shape index (κ2) is 4.92. The van der Waals surface area contributed by atoms with Crippen molar-refractivity contribution >= 4 is 21.4 Å². The number of nitrogens with one attached hydrogen (secondary N) is 1. The molecule has 2 aromatic rings. The molecule has 0 radical (unpaired) electrons. The Morgan fingerprint density at radius 2 is 2.11 bits per heavy atom. The van der Waals surface area contributed by atoms with Gasteiger partial charge in [0.25, 0.3) is 0 Å². The molecule has 1 aromatic heterocycles. The van der Waals surface area contributed by atoms with Crippen molar-refractivity contribution in [3.8, 4) is 0 Å². The summed E-state index contributed by atoms with van der Waals surface area (Å²) in [5.41, 5.74) is 0.449. The van der Waals surface area contributed by atoms with Crippen LogP contribution in [0.4, 0.5) is 0 Å². The lowest BCUT2D eigenvalue weighted by molar-refractivity contribution is 0.267. The minimum Gasteiger partial charge on any atom is -0.306 e. The number of rotatable bonds is 3. The topological polar surface area (TPSA) is 12.0 Å². The summed E-state index contributed by atoms with van der Waals surface area (Å²) in [5.74, 6) is 0. The fraction of sp³-hybridized carbons (Fsp3) is 0.529. The van der Waals surface area contributed by atoms with E-state index in [9.17, 15) is 0 Å². The summed E-state index contributed by atoms with van der Waals surface area (Å²) < 4.78 is 1.40. The molecule has 0 saturated heterocycles. The van der Waals surface area contributed by atoms with Gasteiger partial charge in [-0.3, -0.25) is 0 Å². The minimum atomic E-state index is 0.449. The molecule has 2 unspecified atom stereocenters. The van der Waals surface area contributed by atoms with Gasteiger partial charge in [0, 0.05) is 21.7 Å². The molecule has 1 nitrogen and oxygen atoms in total. The van der Waals surface area contributed by atoms with Crippen LogP contribution in [0.5, 0.6) is 0 Å². The fourth-order valence-corrected chi connectivity index (χ4v) is 4.31. The maximum atomic E-state index is 3.86. The Balaban J connectivity index is 1.78. The van der Waals surface area contributed by atoms with Crippen LogP contribution in [0.25, 0.3) is 10.1 Å². The van der Waals surface area contributed by atoms with Gasteiger partial charge in [-0.05, 0) is 42.7 Å². The number of fused-ring (bicyclic) bond motifs is 1. The summed E-state index contributed by atoms with van der Waals surface area (Å²) in [6, 6.07) is 12.1. The third kappa shape index (κ3) is 2.56. The third-order valence-electron chi connectivity index (χ3n) is 4.58. The molecular weight excluding hydrogens is 250 g/mol. The van der Waals surface area contributed by atoms with Crippen molar-refractivity contribution in [2.24, 2.45) is 5.41 Å². The summed E-state index contributed by atoms with van der Waals surface area (Å²) in [4.78, 5) is 1.46. The third-order valence-corrected chi connectivity index (χ3v) is 5.88. The van der Waals surface area contributed by atoms with Crippen LogP contribution in [0.1, 0.15) is 51.0 Å². The standard InChI is InChI=1S/C17H23NS/c1-12(18-16-9-6-10-17(16,2)3)15-11-13-7-4-5-8-14(13)19-15/h4-5,7-8,11-12,16,18H,6,9-10H2,1-3H3. The van der Waals surface area contributed by atoms with Gasteiger partial charge in [0.05, 0.1) is 0 Å². The maximum Gasteiger partial charge on any atom is 0.0388 e. The highest BCUT2D eigenvalue weighted by atomic mass is 32.1. The fourth-order valence-electron chi connectivity index (χ4n) is 3.24. The lowest BCUT2D eigenvalue weighted by atomic mass is 9.87. The first-order valence-electron chi connectivity index (χ1n) is 7.31. The van der Waals surface area contributed by atoms with E-state index in [1.807, 2.05) is 11.3 Å². The lowest BCUT2D eigenvalue weighted by Gasteiger charge is -2.30. The molecule has 0 spiro atoms. The molecule has 1 aliphatic rings. The van der Waals surface area contributed by atoms with E-state index in [1.165, 1.54) is 34.2 Å².